The number of aromatic nitrogens is 3. The summed E-state index contributed by atoms with van der Waals surface area (Å²) in [5, 5.41) is 11.9. The van der Waals surface area contributed by atoms with Crippen molar-refractivity contribution in [1.82, 2.24) is 14.5 Å². The number of pyridine rings is 2. The molecule has 1 fully saturated rings. The van der Waals surface area contributed by atoms with Gasteiger partial charge in [0.1, 0.15) is 5.82 Å². The second-order valence-corrected chi connectivity index (χ2v) is 7.59. The average molecular weight is 392 g/mol. The zero-order valence-corrected chi connectivity index (χ0v) is 16.2. The van der Waals surface area contributed by atoms with Crippen molar-refractivity contribution in [2.75, 3.05) is 12.8 Å². The molecule has 0 amide bonds. The number of rotatable bonds is 3. The summed E-state index contributed by atoms with van der Waals surface area (Å²) in [7, 11) is 1.54. The number of hydrogen-bond acceptors (Lipinski definition) is 5. The van der Waals surface area contributed by atoms with Crippen molar-refractivity contribution in [2.45, 2.75) is 32.2 Å². The molecule has 1 aliphatic carbocycles. The van der Waals surface area contributed by atoms with Crippen LogP contribution in [0.4, 0.5) is 10.1 Å². The number of nitrogens with two attached hydrogens (primary N) is 1. The fraction of sp³-hybridized carbons (Fsp3) is 0.273. The minimum absolute atomic E-state index is 0.129. The van der Waals surface area contributed by atoms with Crippen molar-refractivity contribution in [3.63, 3.8) is 0 Å². The van der Waals surface area contributed by atoms with Gasteiger partial charge in [0.2, 0.25) is 11.8 Å². The number of aromatic hydroxyl groups is 1. The van der Waals surface area contributed by atoms with E-state index in [9.17, 15) is 9.50 Å². The number of hydrogen-bond donors (Lipinski definition) is 2. The third-order valence-corrected chi connectivity index (χ3v) is 5.94. The van der Waals surface area contributed by atoms with Gasteiger partial charge in [-0.1, -0.05) is 0 Å². The standard InChI is InChI=1S/C22H21FN4O2/c1-11-8-17(29-2)25-9-14(11)18-15(23)7-6-13-20(24)19-16(26-21(13)18)10-27(22(19)28)12-4-3-5-12/h6-10,12,28H,3-5,24H2,1-2H3. The molecule has 0 spiro atoms. The van der Waals surface area contributed by atoms with Crippen molar-refractivity contribution in [1.29, 1.82) is 0 Å². The van der Waals surface area contributed by atoms with Gasteiger partial charge in [-0.3, -0.25) is 0 Å². The minimum atomic E-state index is -0.401. The van der Waals surface area contributed by atoms with Crippen LogP contribution < -0.4 is 10.5 Å². The molecule has 5 rings (SSSR count). The molecule has 29 heavy (non-hydrogen) atoms. The van der Waals surface area contributed by atoms with Crippen LogP contribution in [0.3, 0.4) is 0 Å². The van der Waals surface area contributed by atoms with E-state index >= 15 is 0 Å². The van der Waals surface area contributed by atoms with Gasteiger partial charge in [0.15, 0.2) is 0 Å². The molecular formula is C22H21FN4O2. The monoisotopic (exact) mass is 392 g/mol. The van der Waals surface area contributed by atoms with Crippen LogP contribution in [-0.2, 0) is 0 Å². The molecule has 0 aliphatic heterocycles. The van der Waals surface area contributed by atoms with E-state index in [1.165, 1.54) is 13.2 Å². The van der Waals surface area contributed by atoms with E-state index in [0.717, 1.165) is 24.8 Å². The number of fused-ring (bicyclic) bond motifs is 2. The van der Waals surface area contributed by atoms with Crippen LogP contribution in [0.25, 0.3) is 32.9 Å². The quantitative estimate of drug-likeness (QED) is 0.527. The third kappa shape index (κ3) is 2.53. The molecule has 0 saturated heterocycles. The van der Waals surface area contributed by atoms with Crippen LogP contribution in [-0.4, -0.2) is 26.8 Å². The Morgan fingerprint density at radius 2 is 2.10 bits per heavy atom. The highest BCUT2D eigenvalue weighted by Gasteiger charge is 2.26. The van der Waals surface area contributed by atoms with Crippen LogP contribution in [0.5, 0.6) is 11.8 Å². The smallest absolute Gasteiger partial charge is 0.213 e. The molecule has 7 heteroatoms. The second kappa shape index (κ2) is 6.34. The first-order chi connectivity index (χ1) is 14.0. The molecule has 0 atom stereocenters. The molecule has 0 bridgehead atoms. The minimum Gasteiger partial charge on any atom is -0.494 e. The number of halogens is 1. The Bertz CT molecular complexity index is 1280. The molecule has 3 aromatic heterocycles. The van der Waals surface area contributed by atoms with Crippen molar-refractivity contribution in [3.8, 4) is 22.9 Å². The summed E-state index contributed by atoms with van der Waals surface area (Å²) < 4.78 is 22.0. The molecule has 1 aliphatic rings. The van der Waals surface area contributed by atoms with E-state index in [2.05, 4.69) is 4.98 Å². The highest BCUT2D eigenvalue weighted by molar-refractivity contribution is 6.12. The lowest BCUT2D eigenvalue weighted by atomic mass is 9.93. The lowest BCUT2D eigenvalue weighted by Crippen LogP contribution is -2.15. The van der Waals surface area contributed by atoms with Gasteiger partial charge in [0.05, 0.1) is 29.2 Å². The van der Waals surface area contributed by atoms with E-state index < -0.39 is 5.82 Å². The molecule has 3 N–H and O–H groups in total. The second-order valence-electron chi connectivity index (χ2n) is 7.59. The summed E-state index contributed by atoms with van der Waals surface area (Å²) in [4.78, 5) is 8.96. The van der Waals surface area contributed by atoms with E-state index in [1.807, 2.05) is 17.7 Å². The van der Waals surface area contributed by atoms with Crippen LogP contribution in [0, 0.1) is 12.7 Å². The van der Waals surface area contributed by atoms with E-state index in [1.54, 1.807) is 18.3 Å². The summed E-state index contributed by atoms with van der Waals surface area (Å²) in [5.41, 5.74) is 9.65. The van der Waals surface area contributed by atoms with Crippen LogP contribution in [0.2, 0.25) is 0 Å². The van der Waals surface area contributed by atoms with Gasteiger partial charge < -0.3 is 20.1 Å². The van der Waals surface area contributed by atoms with E-state index in [-0.39, 0.29) is 11.9 Å². The van der Waals surface area contributed by atoms with Gasteiger partial charge >= 0.3 is 0 Å². The Labute approximate surface area is 166 Å². The number of methoxy groups -OCH3 is 1. The lowest BCUT2D eigenvalue weighted by Gasteiger charge is -2.27. The maximum Gasteiger partial charge on any atom is 0.213 e. The third-order valence-electron chi connectivity index (χ3n) is 5.94. The fourth-order valence-electron chi connectivity index (χ4n) is 4.10. The number of aryl methyl sites for hydroxylation is 1. The van der Waals surface area contributed by atoms with Gasteiger partial charge in [-0.2, -0.15) is 0 Å². The Kier molecular flexibility index (Phi) is 3.87. The first-order valence-corrected chi connectivity index (χ1v) is 9.61. The SMILES string of the molecule is COc1cc(C)c(-c2c(F)ccc3c(N)c4c(O)n(C5CCC5)cc4nc23)cn1. The van der Waals surface area contributed by atoms with E-state index in [0.29, 0.717) is 44.5 Å². The van der Waals surface area contributed by atoms with Gasteiger partial charge in [-0.15, -0.1) is 0 Å². The molecule has 0 radical (unpaired) electrons. The molecule has 1 saturated carbocycles. The summed E-state index contributed by atoms with van der Waals surface area (Å²) in [5.74, 6) is 0.190. The number of ether oxygens (including phenoxy) is 1. The predicted octanol–water partition coefficient (Wildman–Crippen LogP) is 4.72. The molecule has 0 unspecified atom stereocenters. The van der Waals surface area contributed by atoms with Crippen LogP contribution in [0.1, 0.15) is 30.9 Å². The lowest BCUT2D eigenvalue weighted by molar-refractivity contribution is 0.283. The van der Waals surface area contributed by atoms with Gasteiger partial charge in [-0.25, -0.2) is 14.4 Å². The first kappa shape index (κ1) is 17.7. The number of anilines is 1. The Morgan fingerprint density at radius 1 is 1.31 bits per heavy atom. The Balaban J connectivity index is 1.82. The highest BCUT2D eigenvalue weighted by atomic mass is 19.1. The number of benzene rings is 1. The largest absolute Gasteiger partial charge is 0.494 e. The normalized spacial score (nSPS) is 14.4. The first-order valence-electron chi connectivity index (χ1n) is 9.61. The van der Waals surface area contributed by atoms with Crippen LogP contribution >= 0.6 is 0 Å². The Morgan fingerprint density at radius 3 is 2.76 bits per heavy atom. The van der Waals surface area contributed by atoms with Crippen molar-refractivity contribution < 1.29 is 14.2 Å². The van der Waals surface area contributed by atoms with Gasteiger partial charge in [-0.05, 0) is 43.9 Å². The zero-order chi connectivity index (χ0) is 20.3. The summed E-state index contributed by atoms with van der Waals surface area (Å²) in [6, 6.07) is 5.01. The number of nitrogen functional groups attached to an aromatic ring is 1. The maximum absolute atomic E-state index is 15.0. The summed E-state index contributed by atoms with van der Waals surface area (Å²) in [6.45, 7) is 1.87. The molecule has 1 aromatic carbocycles. The van der Waals surface area contributed by atoms with E-state index in [4.69, 9.17) is 15.5 Å². The molecule has 4 aromatic rings. The van der Waals surface area contributed by atoms with Gasteiger partial charge in [0.25, 0.3) is 0 Å². The fourth-order valence-corrected chi connectivity index (χ4v) is 4.10. The van der Waals surface area contributed by atoms with Crippen LogP contribution in [0.15, 0.2) is 30.6 Å². The average Bonchev–Trinajstić information content (AvgIpc) is 2.97. The predicted molar refractivity (Wildman–Crippen MR) is 111 cm³/mol. The molecular weight excluding hydrogens is 371 g/mol. The maximum atomic E-state index is 15.0. The molecule has 148 valence electrons. The number of nitrogens with zero attached hydrogens (tertiary/aromatic N) is 3. The topological polar surface area (TPSA) is 86.2 Å². The Hall–Kier alpha value is -3.35. The zero-order valence-electron chi connectivity index (χ0n) is 16.2. The van der Waals surface area contributed by atoms with Crippen molar-refractivity contribution in [3.05, 3.63) is 42.0 Å². The van der Waals surface area contributed by atoms with Crippen molar-refractivity contribution >= 4 is 27.5 Å². The van der Waals surface area contributed by atoms with Gasteiger partial charge in [0, 0.05) is 41.0 Å². The van der Waals surface area contributed by atoms with Crippen molar-refractivity contribution in [2.24, 2.45) is 0 Å². The molecule has 3 heterocycles. The highest BCUT2D eigenvalue weighted by Crippen LogP contribution is 2.44. The summed E-state index contributed by atoms with van der Waals surface area (Å²) >= 11 is 0. The molecule has 6 nitrogen and oxygen atoms in total. The summed E-state index contributed by atoms with van der Waals surface area (Å²) in [6.07, 6.45) is 6.58.